The smallest absolute Gasteiger partial charge is 0.146 e. The van der Waals surface area contributed by atoms with Gasteiger partial charge in [-0.1, -0.05) is 43.7 Å². The normalized spacial score (nSPS) is 16.4. The van der Waals surface area contributed by atoms with Crippen molar-refractivity contribution < 1.29 is 4.74 Å². The molecule has 0 spiro atoms. The number of fused-ring (bicyclic) bond motifs is 1. The molecule has 0 radical (unpaired) electrons. The Balaban J connectivity index is 1.97. The molecule has 122 valence electrons. The third-order valence-electron chi connectivity index (χ3n) is 5.09. The maximum absolute atomic E-state index is 6.41. The molecule has 1 N–H and O–H groups in total. The zero-order valence-electron chi connectivity index (χ0n) is 14.7. The summed E-state index contributed by atoms with van der Waals surface area (Å²) in [5, 5.41) is 3.64. The molecular formula is C21H27NO. The summed E-state index contributed by atoms with van der Waals surface area (Å²) in [6.07, 6.45) is 3.72. The van der Waals surface area contributed by atoms with E-state index in [-0.39, 0.29) is 6.10 Å². The van der Waals surface area contributed by atoms with E-state index in [1.54, 1.807) is 0 Å². The molecule has 0 aliphatic carbocycles. The molecule has 2 heteroatoms. The van der Waals surface area contributed by atoms with Crippen LogP contribution >= 0.6 is 0 Å². The van der Waals surface area contributed by atoms with E-state index >= 15 is 0 Å². The average molecular weight is 309 g/mol. The van der Waals surface area contributed by atoms with Gasteiger partial charge in [-0.3, -0.25) is 0 Å². The monoisotopic (exact) mass is 309 g/mol. The lowest BCUT2D eigenvalue weighted by Gasteiger charge is -2.32. The Labute approximate surface area is 139 Å². The Morgan fingerprint density at radius 3 is 2.48 bits per heavy atom. The predicted octanol–water partition coefficient (Wildman–Crippen LogP) is 5.50. The molecule has 1 atom stereocenters. The van der Waals surface area contributed by atoms with E-state index in [4.69, 9.17) is 4.74 Å². The van der Waals surface area contributed by atoms with Crippen LogP contribution in [0, 0.1) is 20.8 Å². The van der Waals surface area contributed by atoms with Crippen molar-refractivity contribution in [2.45, 2.75) is 53.1 Å². The fourth-order valence-corrected chi connectivity index (χ4v) is 3.51. The second-order valence-corrected chi connectivity index (χ2v) is 6.56. The van der Waals surface area contributed by atoms with E-state index < -0.39 is 0 Å². The van der Waals surface area contributed by atoms with Gasteiger partial charge in [-0.15, -0.1) is 0 Å². The van der Waals surface area contributed by atoms with E-state index in [0.717, 1.165) is 18.7 Å². The second kappa shape index (κ2) is 6.66. The van der Waals surface area contributed by atoms with Gasteiger partial charge in [0.25, 0.3) is 0 Å². The molecule has 1 unspecified atom stereocenters. The summed E-state index contributed by atoms with van der Waals surface area (Å²) in [5.41, 5.74) is 7.97. The van der Waals surface area contributed by atoms with Crippen LogP contribution in [0.4, 0.5) is 5.69 Å². The molecule has 0 saturated heterocycles. The van der Waals surface area contributed by atoms with E-state index in [9.17, 15) is 0 Å². The van der Waals surface area contributed by atoms with Crippen molar-refractivity contribution >= 4 is 5.69 Å². The van der Waals surface area contributed by atoms with Crippen LogP contribution in [-0.2, 0) is 6.42 Å². The Morgan fingerprint density at radius 1 is 1.04 bits per heavy atom. The first-order valence-corrected chi connectivity index (χ1v) is 8.71. The molecular weight excluding hydrogens is 282 g/mol. The van der Waals surface area contributed by atoms with Crippen molar-refractivity contribution in [3.63, 3.8) is 0 Å². The third kappa shape index (κ3) is 2.95. The minimum absolute atomic E-state index is 0.0858. The minimum atomic E-state index is 0.0858. The average Bonchev–Trinajstić information content (AvgIpc) is 2.60. The zero-order chi connectivity index (χ0) is 16.4. The Bertz CT molecular complexity index is 691. The first-order chi connectivity index (χ1) is 11.1. The number of anilines is 1. The van der Waals surface area contributed by atoms with Gasteiger partial charge in [0.05, 0.1) is 12.2 Å². The third-order valence-corrected chi connectivity index (χ3v) is 5.09. The van der Waals surface area contributed by atoms with Crippen molar-refractivity contribution in [3.05, 3.63) is 58.1 Å². The predicted molar refractivity (Wildman–Crippen MR) is 97.6 cm³/mol. The van der Waals surface area contributed by atoms with Crippen LogP contribution in [0.15, 0.2) is 30.3 Å². The van der Waals surface area contributed by atoms with Gasteiger partial charge in [0, 0.05) is 0 Å². The number of unbranched alkanes of at least 4 members (excludes halogenated alkanes) is 1. The van der Waals surface area contributed by atoms with Gasteiger partial charge in [-0.25, -0.2) is 0 Å². The molecule has 1 aliphatic heterocycles. The van der Waals surface area contributed by atoms with Gasteiger partial charge < -0.3 is 10.1 Å². The van der Waals surface area contributed by atoms with Crippen molar-refractivity contribution in [3.8, 4) is 5.75 Å². The van der Waals surface area contributed by atoms with E-state index in [0.29, 0.717) is 0 Å². The molecule has 0 saturated carbocycles. The lowest BCUT2D eigenvalue weighted by Crippen LogP contribution is -2.25. The van der Waals surface area contributed by atoms with Crippen molar-refractivity contribution in [2.75, 3.05) is 11.9 Å². The van der Waals surface area contributed by atoms with Crippen LogP contribution in [0.5, 0.6) is 5.75 Å². The maximum atomic E-state index is 6.41. The Morgan fingerprint density at radius 2 is 1.78 bits per heavy atom. The Kier molecular flexibility index (Phi) is 4.61. The summed E-state index contributed by atoms with van der Waals surface area (Å²) < 4.78 is 6.41. The summed E-state index contributed by atoms with van der Waals surface area (Å²) in [7, 11) is 0. The summed E-state index contributed by atoms with van der Waals surface area (Å²) >= 11 is 0. The lowest BCUT2D eigenvalue weighted by atomic mass is 9.91. The highest BCUT2D eigenvalue weighted by atomic mass is 16.5. The van der Waals surface area contributed by atoms with Gasteiger partial charge in [0.1, 0.15) is 11.9 Å². The van der Waals surface area contributed by atoms with Crippen LogP contribution in [-0.4, -0.2) is 6.54 Å². The van der Waals surface area contributed by atoms with Gasteiger partial charge >= 0.3 is 0 Å². The molecule has 0 amide bonds. The highest BCUT2D eigenvalue weighted by Crippen LogP contribution is 2.43. The molecule has 2 nitrogen and oxygen atoms in total. The summed E-state index contributed by atoms with van der Waals surface area (Å²) in [6, 6.07) is 10.5. The number of benzene rings is 2. The van der Waals surface area contributed by atoms with Crippen LogP contribution in [0.1, 0.15) is 53.7 Å². The standard InChI is InChI=1S/C21H27NO/c1-5-6-12-18-14(2)15(3)21-20(16(18)4)22-13-19(23-21)17-10-8-7-9-11-17/h7-11,19,22H,5-6,12-13H2,1-4H3. The van der Waals surface area contributed by atoms with E-state index in [1.165, 1.54) is 46.3 Å². The van der Waals surface area contributed by atoms with Crippen LogP contribution < -0.4 is 10.1 Å². The molecule has 0 aromatic heterocycles. The Hall–Kier alpha value is -1.96. The SMILES string of the molecule is CCCCc1c(C)c(C)c2c(c1C)NCC(c1ccccc1)O2. The molecule has 0 fully saturated rings. The molecule has 1 heterocycles. The maximum Gasteiger partial charge on any atom is 0.146 e. The van der Waals surface area contributed by atoms with E-state index in [2.05, 4.69) is 57.3 Å². The van der Waals surface area contributed by atoms with Crippen LogP contribution in [0.2, 0.25) is 0 Å². The van der Waals surface area contributed by atoms with E-state index in [1.807, 2.05) is 6.07 Å². The summed E-state index contributed by atoms with van der Waals surface area (Å²) in [5.74, 6) is 1.04. The fourth-order valence-electron chi connectivity index (χ4n) is 3.51. The van der Waals surface area contributed by atoms with Gasteiger partial charge in [-0.05, 0) is 61.4 Å². The quantitative estimate of drug-likeness (QED) is 0.805. The molecule has 2 aromatic carbocycles. The van der Waals surface area contributed by atoms with Crippen LogP contribution in [0.3, 0.4) is 0 Å². The summed E-state index contributed by atoms with van der Waals surface area (Å²) in [4.78, 5) is 0. The van der Waals surface area contributed by atoms with Crippen molar-refractivity contribution in [1.29, 1.82) is 0 Å². The fraction of sp³-hybridized carbons (Fsp3) is 0.429. The van der Waals surface area contributed by atoms with Crippen LogP contribution in [0.25, 0.3) is 0 Å². The lowest BCUT2D eigenvalue weighted by molar-refractivity contribution is 0.208. The molecule has 0 bridgehead atoms. The van der Waals surface area contributed by atoms with Crippen molar-refractivity contribution in [1.82, 2.24) is 0 Å². The highest BCUT2D eigenvalue weighted by Gasteiger charge is 2.26. The molecule has 2 aromatic rings. The largest absolute Gasteiger partial charge is 0.481 e. The number of hydrogen-bond acceptors (Lipinski definition) is 2. The molecule has 1 aliphatic rings. The number of ether oxygens (including phenoxy) is 1. The number of nitrogens with one attached hydrogen (secondary N) is 1. The first-order valence-electron chi connectivity index (χ1n) is 8.71. The topological polar surface area (TPSA) is 21.3 Å². The van der Waals surface area contributed by atoms with Gasteiger partial charge in [0.15, 0.2) is 0 Å². The second-order valence-electron chi connectivity index (χ2n) is 6.56. The number of rotatable bonds is 4. The van der Waals surface area contributed by atoms with Gasteiger partial charge in [0.2, 0.25) is 0 Å². The number of hydrogen-bond donors (Lipinski definition) is 1. The summed E-state index contributed by atoms with van der Waals surface area (Å²) in [6.45, 7) is 9.74. The zero-order valence-corrected chi connectivity index (χ0v) is 14.7. The highest BCUT2D eigenvalue weighted by molar-refractivity contribution is 5.70. The first kappa shape index (κ1) is 15.9. The van der Waals surface area contributed by atoms with Crippen molar-refractivity contribution in [2.24, 2.45) is 0 Å². The minimum Gasteiger partial charge on any atom is -0.481 e. The molecule has 3 rings (SSSR count). The molecule has 23 heavy (non-hydrogen) atoms. The van der Waals surface area contributed by atoms with Gasteiger partial charge in [-0.2, -0.15) is 0 Å².